The predicted molar refractivity (Wildman–Crippen MR) is 109 cm³/mol. The third kappa shape index (κ3) is 6.15. The van der Waals surface area contributed by atoms with Crippen LogP contribution >= 0.6 is 0 Å². The molecule has 0 unspecified atom stereocenters. The standard InChI is InChI=1S/C23H24F3NO5/c1-15-4-7-17(11-20(15)31-14-21(28)29)18-3-2-10-27(12-18)22(30)32-13-16-5-8-19(9-6-16)23(24,25)26/h4-9,11,18H,2-3,10,12-14H2,1H3,(H,28,29)/t18-/m0/s1. The summed E-state index contributed by atoms with van der Waals surface area (Å²) in [5.41, 5.74) is 1.48. The van der Waals surface area contributed by atoms with Crippen LogP contribution in [0.15, 0.2) is 42.5 Å². The first-order valence-electron chi connectivity index (χ1n) is 10.2. The van der Waals surface area contributed by atoms with Gasteiger partial charge in [0.25, 0.3) is 0 Å². The lowest BCUT2D eigenvalue weighted by atomic mass is 9.90. The van der Waals surface area contributed by atoms with Gasteiger partial charge in [-0.25, -0.2) is 9.59 Å². The Morgan fingerprint density at radius 1 is 1.16 bits per heavy atom. The van der Waals surface area contributed by atoms with Crippen LogP contribution < -0.4 is 4.74 Å². The molecule has 0 aromatic heterocycles. The van der Waals surface area contributed by atoms with Crippen molar-refractivity contribution in [3.63, 3.8) is 0 Å². The lowest BCUT2D eigenvalue weighted by Gasteiger charge is -2.32. The number of rotatable bonds is 6. The van der Waals surface area contributed by atoms with E-state index in [9.17, 15) is 22.8 Å². The molecule has 32 heavy (non-hydrogen) atoms. The third-order valence-corrected chi connectivity index (χ3v) is 5.36. The van der Waals surface area contributed by atoms with E-state index in [-0.39, 0.29) is 12.5 Å². The molecule has 172 valence electrons. The fourth-order valence-electron chi connectivity index (χ4n) is 3.61. The number of hydrogen-bond donors (Lipinski definition) is 1. The number of halogens is 3. The molecule has 0 spiro atoms. The van der Waals surface area contributed by atoms with E-state index in [4.69, 9.17) is 14.6 Å². The van der Waals surface area contributed by atoms with Crippen molar-refractivity contribution in [1.82, 2.24) is 4.90 Å². The Hall–Kier alpha value is -3.23. The number of nitrogens with zero attached hydrogens (tertiary/aromatic N) is 1. The number of aliphatic carboxylic acids is 1. The molecular formula is C23H24F3NO5. The van der Waals surface area contributed by atoms with E-state index in [1.165, 1.54) is 12.1 Å². The smallest absolute Gasteiger partial charge is 0.416 e. The van der Waals surface area contributed by atoms with Crippen molar-refractivity contribution in [2.45, 2.75) is 38.5 Å². The number of carboxylic acids is 1. The van der Waals surface area contributed by atoms with Crippen molar-refractivity contribution in [1.29, 1.82) is 0 Å². The highest BCUT2D eigenvalue weighted by Crippen LogP contribution is 2.31. The monoisotopic (exact) mass is 451 g/mol. The number of likely N-dealkylation sites (tertiary alicyclic amines) is 1. The Bertz CT molecular complexity index is 959. The van der Waals surface area contributed by atoms with Crippen LogP contribution in [0.2, 0.25) is 0 Å². The topological polar surface area (TPSA) is 76.1 Å². The van der Waals surface area contributed by atoms with Crippen molar-refractivity contribution in [2.24, 2.45) is 0 Å². The van der Waals surface area contributed by atoms with Gasteiger partial charge in [0.1, 0.15) is 12.4 Å². The minimum atomic E-state index is -4.41. The van der Waals surface area contributed by atoms with E-state index < -0.39 is 30.4 Å². The number of carbonyl (C=O) groups is 2. The minimum Gasteiger partial charge on any atom is -0.482 e. The SMILES string of the molecule is Cc1ccc([C@H]2CCCN(C(=O)OCc3ccc(C(F)(F)F)cc3)C2)cc1OCC(=O)O. The maximum atomic E-state index is 12.7. The maximum absolute atomic E-state index is 12.7. The summed E-state index contributed by atoms with van der Waals surface area (Å²) >= 11 is 0. The van der Waals surface area contributed by atoms with Crippen LogP contribution in [0.5, 0.6) is 5.75 Å². The molecule has 0 aliphatic carbocycles. The Labute approximate surface area is 183 Å². The zero-order chi connectivity index (χ0) is 23.3. The van der Waals surface area contributed by atoms with Crippen molar-refractivity contribution in [3.8, 4) is 5.75 Å². The number of alkyl halides is 3. The van der Waals surface area contributed by atoms with Gasteiger partial charge in [0.05, 0.1) is 5.56 Å². The molecular weight excluding hydrogens is 427 g/mol. The van der Waals surface area contributed by atoms with E-state index in [0.717, 1.165) is 36.1 Å². The Kier molecular flexibility index (Phi) is 7.27. The first-order chi connectivity index (χ1) is 15.1. The summed E-state index contributed by atoms with van der Waals surface area (Å²) in [5.74, 6) is -0.531. The fraction of sp³-hybridized carbons (Fsp3) is 0.391. The van der Waals surface area contributed by atoms with Crippen LogP contribution in [0.1, 0.15) is 41.0 Å². The fourth-order valence-corrected chi connectivity index (χ4v) is 3.61. The van der Waals surface area contributed by atoms with E-state index in [1.807, 2.05) is 19.1 Å². The summed E-state index contributed by atoms with van der Waals surface area (Å²) in [7, 11) is 0. The van der Waals surface area contributed by atoms with Gasteiger partial charge in [0.15, 0.2) is 6.61 Å². The molecule has 1 N–H and O–H groups in total. The molecule has 1 fully saturated rings. The van der Waals surface area contributed by atoms with Crippen LogP contribution in [0, 0.1) is 6.92 Å². The van der Waals surface area contributed by atoms with E-state index in [2.05, 4.69) is 0 Å². The van der Waals surface area contributed by atoms with Crippen molar-refractivity contribution in [3.05, 3.63) is 64.7 Å². The first-order valence-corrected chi connectivity index (χ1v) is 10.2. The summed E-state index contributed by atoms with van der Waals surface area (Å²) in [5, 5.41) is 8.83. The van der Waals surface area contributed by atoms with Gasteiger partial charge in [0.2, 0.25) is 0 Å². The van der Waals surface area contributed by atoms with Gasteiger partial charge in [-0.3, -0.25) is 0 Å². The summed E-state index contributed by atoms with van der Waals surface area (Å²) in [6.45, 7) is 2.23. The van der Waals surface area contributed by atoms with Gasteiger partial charge in [-0.1, -0.05) is 24.3 Å². The summed E-state index contributed by atoms with van der Waals surface area (Å²) in [4.78, 5) is 24.9. The summed E-state index contributed by atoms with van der Waals surface area (Å²) in [6.07, 6.45) is -3.32. The molecule has 1 amide bonds. The van der Waals surface area contributed by atoms with Gasteiger partial charge in [-0.15, -0.1) is 0 Å². The molecule has 1 saturated heterocycles. The molecule has 6 nitrogen and oxygen atoms in total. The largest absolute Gasteiger partial charge is 0.482 e. The number of hydrogen-bond acceptors (Lipinski definition) is 4. The summed E-state index contributed by atoms with van der Waals surface area (Å²) < 4.78 is 48.6. The molecule has 1 atom stereocenters. The minimum absolute atomic E-state index is 0.0372. The molecule has 0 radical (unpaired) electrons. The van der Waals surface area contributed by atoms with Gasteiger partial charge < -0.3 is 19.5 Å². The van der Waals surface area contributed by atoms with Crippen LogP contribution in [0.3, 0.4) is 0 Å². The molecule has 2 aromatic rings. The molecule has 0 bridgehead atoms. The zero-order valence-corrected chi connectivity index (χ0v) is 17.5. The molecule has 1 aliphatic rings. The van der Waals surface area contributed by atoms with Gasteiger partial charge >= 0.3 is 18.2 Å². The van der Waals surface area contributed by atoms with Crippen molar-refractivity contribution >= 4 is 12.1 Å². The van der Waals surface area contributed by atoms with Gasteiger partial charge in [0, 0.05) is 19.0 Å². The van der Waals surface area contributed by atoms with E-state index in [0.29, 0.717) is 24.4 Å². The molecule has 1 heterocycles. The maximum Gasteiger partial charge on any atom is 0.416 e. The third-order valence-electron chi connectivity index (χ3n) is 5.36. The molecule has 0 saturated carbocycles. The number of carboxylic acid groups (broad SMARTS) is 1. The van der Waals surface area contributed by atoms with Crippen molar-refractivity contribution < 1.29 is 37.3 Å². The number of benzene rings is 2. The number of aryl methyl sites for hydroxylation is 1. The van der Waals surface area contributed by atoms with Gasteiger partial charge in [-0.2, -0.15) is 13.2 Å². The quantitative estimate of drug-likeness (QED) is 0.670. The predicted octanol–water partition coefficient (Wildman–Crippen LogP) is 4.99. The lowest BCUT2D eigenvalue weighted by Crippen LogP contribution is -2.39. The van der Waals surface area contributed by atoms with Crippen molar-refractivity contribution in [2.75, 3.05) is 19.7 Å². The molecule has 2 aromatic carbocycles. The average molecular weight is 451 g/mol. The van der Waals surface area contributed by atoms with Crippen LogP contribution in [-0.2, 0) is 22.3 Å². The second-order valence-corrected chi connectivity index (χ2v) is 7.74. The van der Waals surface area contributed by atoms with Crippen LogP contribution in [-0.4, -0.2) is 41.8 Å². The zero-order valence-electron chi connectivity index (χ0n) is 17.5. The first kappa shape index (κ1) is 23.4. The number of amides is 1. The Morgan fingerprint density at radius 2 is 1.88 bits per heavy atom. The second-order valence-electron chi connectivity index (χ2n) is 7.74. The summed E-state index contributed by atoms with van der Waals surface area (Å²) in [6, 6.07) is 10.1. The molecule has 3 rings (SSSR count). The van der Waals surface area contributed by atoms with E-state index in [1.54, 1.807) is 11.0 Å². The Morgan fingerprint density at radius 3 is 2.53 bits per heavy atom. The molecule has 1 aliphatic heterocycles. The lowest BCUT2D eigenvalue weighted by molar-refractivity contribution is -0.139. The normalized spacial score (nSPS) is 16.5. The highest BCUT2D eigenvalue weighted by molar-refractivity contribution is 5.69. The van der Waals surface area contributed by atoms with Gasteiger partial charge in [-0.05, 0) is 54.7 Å². The second kappa shape index (κ2) is 9.93. The number of piperidine rings is 1. The van der Waals surface area contributed by atoms with Crippen LogP contribution in [0.4, 0.5) is 18.0 Å². The van der Waals surface area contributed by atoms with E-state index >= 15 is 0 Å². The number of carbonyl (C=O) groups excluding carboxylic acids is 1. The average Bonchev–Trinajstić information content (AvgIpc) is 2.76. The highest BCUT2D eigenvalue weighted by atomic mass is 19.4. The Balaban J connectivity index is 1.59. The van der Waals surface area contributed by atoms with Crippen LogP contribution in [0.25, 0.3) is 0 Å². The highest BCUT2D eigenvalue weighted by Gasteiger charge is 2.30. The number of ether oxygens (including phenoxy) is 2. The molecule has 9 heteroatoms.